The first-order chi connectivity index (χ1) is 7.37. The second kappa shape index (κ2) is 5.04. The fourth-order valence-corrected chi connectivity index (χ4v) is 1.82. The van der Waals surface area contributed by atoms with Gasteiger partial charge in [0.25, 0.3) is 0 Å². The molecule has 8 heteroatoms. The van der Waals surface area contributed by atoms with Gasteiger partial charge in [0.15, 0.2) is 5.75 Å². The summed E-state index contributed by atoms with van der Waals surface area (Å²) in [6.45, 7) is -0.533. The van der Waals surface area contributed by atoms with E-state index < -0.39 is 18.8 Å². The molecular weight excluding hydrogens is 342 g/mol. The first-order valence-electron chi connectivity index (χ1n) is 3.97. The molecule has 0 amide bonds. The Balaban J connectivity index is 3.10. The molecule has 0 aromatic carbocycles. The lowest BCUT2D eigenvalue weighted by atomic mass is 10.3. The maximum absolute atomic E-state index is 11.9. The van der Waals surface area contributed by atoms with Gasteiger partial charge in [0.1, 0.15) is 5.69 Å². The van der Waals surface area contributed by atoms with E-state index in [9.17, 15) is 13.2 Å². The van der Waals surface area contributed by atoms with Crippen LogP contribution in [0.2, 0.25) is 0 Å². The Labute approximate surface area is 103 Å². The van der Waals surface area contributed by atoms with Crippen LogP contribution in [0.1, 0.15) is 5.69 Å². The first-order valence-corrected chi connectivity index (χ1v) is 5.05. The standard InChI is InChI=1S/C8H7F3INO3/c1-15-7-4(12)2-6(13-5(7)3-14)16-8(9,10)11/h2,14H,3H2,1H3. The highest BCUT2D eigenvalue weighted by Gasteiger charge is 2.32. The van der Waals surface area contributed by atoms with E-state index in [-0.39, 0.29) is 11.4 Å². The van der Waals surface area contributed by atoms with E-state index in [1.165, 1.54) is 7.11 Å². The molecule has 0 saturated carbocycles. The molecule has 16 heavy (non-hydrogen) atoms. The smallest absolute Gasteiger partial charge is 0.494 e. The second-order valence-electron chi connectivity index (χ2n) is 2.63. The molecule has 0 atom stereocenters. The van der Waals surface area contributed by atoms with Gasteiger partial charge in [0.05, 0.1) is 17.3 Å². The summed E-state index contributed by atoms with van der Waals surface area (Å²) in [4.78, 5) is 3.49. The van der Waals surface area contributed by atoms with Crippen LogP contribution in [0, 0.1) is 3.57 Å². The normalized spacial score (nSPS) is 11.4. The van der Waals surface area contributed by atoms with Gasteiger partial charge in [0.2, 0.25) is 5.88 Å². The highest BCUT2D eigenvalue weighted by atomic mass is 127. The number of methoxy groups -OCH3 is 1. The van der Waals surface area contributed by atoms with Gasteiger partial charge in [-0.3, -0.25) is 0 Å². The van der Waals surface area contributed by atoms with Gasteiger partial charge in [0, 0.05) is 6.07 Å². The second-order valence-corrected chi connectivity index (χ2v) is 3.79. The number of nitrogens with zero attached hydrogens (tertiary/aromatic N) is 1. The summed E-state index contributed by atoms with van der Waals surface area (Å²) in [5, 5.41) is 8.91. The van der Waals surface area contributed by atoms with Crippen LogP contribution in [-0.2, 0) is 6.61 Å². The third kappa shape index (κ3) is 3.37. The molecule has 1 heterocycles. The number of pyridine rings is 1. The van der Waals surface area contributed by atoms with Crippen LogP contribution in [0.3, 0.4) is 0 Å². The molecule has 0 aliphatic heterocycles. The molecule has 1 N–H and O–H groups in total. The van der Waals surface area contributed by atoms with Gasteiger partial charge in [-0.25, -0.2) is 4.98 Å². The maximum atomic E-state index is 11.9. The number of aromatic nitrogens is 1. The minimum atomic E-state index is -4.81. The summed E-state index contributed by atoms with van der Waals surface area (Å²) >= 11 is 1.76. The zero-order valence-electron chi connectivity index (χ0n) is 8.01. The molecule has 1 rings (SSSR count). The molecule has 0 bridgehead atoms. The van der Waals surface area contributed by atoms with Crippen molar-refractivity contribution >= 4 is 22.6 Å². The lowest BCUT2D eigenvalue weighted by molar-refractivity contribution is -0.276. The Kier molecular flexibility index (Phi) is 4.19. The molecule has 0 fully saturated rings. The van der Waals surface area contributed by atoms with Gasteiger partial charge < -0.3 is 14.6 Å². The summed E-state index contributed by atoms with van der Waals surface area (Å²) < 4.78 is 44.7. The largest absolute Gasteiger partial charge is 0.574 e. The van der Waals surface area contributed by atoms with E-state index in [1.54, 1.807) is 22.6 Å². The maximum Gasteiger partial charge on any atom is 0.574 e. The highest BCUT2D eigenvalue weighted by molar-refractivity contribution is 14.1. The van der Waals surface area contributed by atoms with Crippen molar-refractivity contribution in [1.82, 2.24) is 4.98 Å². The van der Waals surface area contributed by atoms with Crippen molar-refractivity contribution in [3.8, 4) is 11.6 Å². The lowest BCUT2D eigenvalue weighted by Gasteiger charge is -2.12. The molecule has 1 aromatic heterocycles. The predicted octanol–water partition coefficient (Wildman–Crippen LogP) is 2.09. The van der Waals surface area contributed by atoms with Crippen LogP contribution in [0.15, 0.2) is 6.07 Å². The molecule has 0 aliphatic carbocycles. The monoisotopic (exact) mass is 349 g/mol. The van der Waals surface area contributed by atoms with Crippen molar-refractivity contribution in [3.05, 3.63) is 15.3 Å². The summed E-state index contributed by atoms with van der Waals surface area (Å²) in [6, 6.07) is 1.08. The molecule has 1 aromatic rings. The fraction of sp³-hybridized carbons (Fsp3) is 0.375. The van der Waals surface area contributed by atoms with Crippen LogP contribution in [-0.4, -0.2) is 23.6 Å². The van der Waals surface area contributed by atoms with Crippen molar-refractivity contribution in [2.24, 2.45) is 0 Å². The SMILES string of the molecule is COc1c(I)cc(OC(F)(F)F)nc1CO. The Morgan fingerprint density at radius 3 is 2.56 bits per heavy atom. The van der Waals surface area contributed by atoms with E-state index in [0.29, 0.717) is 3.57 Å². The van der Waals surface area contributed by atoms with Gasteiger partial charge in [-0.15, -0.1) is 13.2 Å². The Hall–Kier alpha value is -0.770. The van der Waals surface area contributed by atoms with Crippen LogP contribution < -0.4 is 9.47 Å². The van der Waals surface area contributed by atoms with Gasteiger partial charge in [-0.2, -0.15) is 0 Å². The van der Waals surface area contributed by atoms with Crippen molar-refractivity contribution in [3.63, 3.8) is 0 Å². The first kappa shape index (κ1) is 13.3. The number of aliphatic hydroxyl groups excluding tert-OH is 1. The van der Waals surface area contributed by atoms with Crippen molar-refractivity contribution < 1.29 is 27.8 Å². The number of aliphatic hydroxyl groups is 1. The third-order valence-corrected chi connectivity index (χ3v) is 2.35. The summed E-state index contributed by atoms with van der Waals surface area (Å²) in [6.07, 6.45) is -4.81. The molecule has 0 aliphatic rings. The molecule has 0 saturated heterocycles. The molecule has 4 nitrogen and oxygen atoms in total. The van der Waals surface area contributed by atoms with Crippen LogP contribution in [0.25, 0.3) is 0 Å². The average Bonchev–Trinajstić information content (AvgIpc) is 2.14. The number of halogens is 4. The van der Waals surface area contributed by atoms with Gasteiger partial charge >= 0.3 is 6.36 Å². The highest BCUT2D eigenvalue weighted by Crippen LogP contribution is 2.30. The van der Waals surface area contributed by atoms with Crippen LogP contribution >= 0.6 is 22.6 Å². The summed E-state index contributed by atoms with van der Waals surface area (Å²) in [5.74, 6) is -0.389. The number of rotatable bonds is 3. The van der Waals surface area contributed by atoms with Crippen molar-refractivity contribution in [1.29, 1.82) is 0 Å². The molecule has 0 radical (unpaired) electrons. The minimum Gasteiger partial charge on any atom is -0.494 e. The van der Waals surface area contributed by atoms with Crippen LogP contribution in [0.5, 0.6) is 11.6 Å². The quantitative estimate of drug-likeness (QED) is 0.850. The lowest BCUT2D eigenvalue weighted by Crippen LogP contribution is -2.18. The van der Waals surface area contributed by atoms with E-state index in [4.69, 9.17) is 9.84 Å². The summed E-state index contributed by atoms with van der Waals surface area (Å²) in [7, 11) is 1.34. The van der Waals surface area contributed by atoms with Gasteiger partial charge in [-0.1, -0.05) is 0 Å². The number of alkyl halides is 3. The predicted molar refractivity (Wildman–Crippen MR) is 56.1 cm³/mol. The topological polar surface area (TPSA) is 51.6 Å². The Morgan fingerprint density at radius 2 is 2.12 bits per heavy atom. The number of hydrogen-bond acceptors (Lipinski definition) is 4. The van der Waals surface area contributed by atoms with Crippen molar-refractivity contribution in [2.45, 2.75) is 13.0 Å². The zero-order chi connectivity index (χ0) is 12.3. The number of ether oxygens (including phenoxy) is 2. The molecule has 0 spiro atoms. The minimum absolute atomic E-state index is 0.00588. The van der Waals surface area contributed by atoms with Crippen molar-refractivity contribution in [2.75, 3.05) is 7.11 Å². The Bertz CT molecular complexity index is 384. The van der Waals surface area contributed by atoms with E-state index in [0.717, 1.165) is 6.07 Å². The van der Waals surface area contributed by atoms with E-state index in [1.807, 2.05) is 0 Å². The zero-order valence-corrected chi connectivity index (χ0v) is 10.2. The summed E-state index contributed by atoms with van der Waals surface area (Å²) in [5.41, 5.74) is -0.00588. The van der Waals surface area contributed by atoms with Crippen LogP contribution in [0.4, 0.5) is 13.2 Å². The average molecular weight is 349 g/mol. The van der Waals surface area contributed by atoms with E-state index in [2.05, 4.69) is 9.72 Å². The van der Waals surface area contributed by atoms with E-state index >= 15 is 0 Å². The third-order valence-electron chi connectivity index (χ3n) is 1.55. The molecular formula is C8H7F3INO3. The molecule has 90 valence electrons. The van der Waals surface area contributed by atoms with Gasteiger partial charge in [-0.05, 0) is 22.6 Å². The molecule has 0 unspecified atom stereocenters. The Morgan fingerprint density at radius 1 is 1.50 bits per heavy atom. The fourth-order valence-electron chi connectivity index (χ4n) is 1.02. The number of hydrogen-bond donors (Lipinski definition) is 1.